The van der Waals surface area contributed by atoms with Crippen LogP contribution in [-0.2, 0) is 4.79 Å². The van der Waals surface area contributed by atoms with E-state index in [9.17, 15) is 9.18 Å². The molecule has 0 radical (unpaired) electrons. The topological polar surface area (TPSA) is 41.5 Å². The molecule has 1 aromatic rings. The van der Waals surface area contributed by atoms with Gasteiger partial charge < -0.3 is 5.32 Å². The smallest absolute Gasteiger partial charge is 0.252 e. The van der Waals surface area contributed by atoms with Crippen LogP contribution in [0.5, 0.6) is 0 Å². The average molecular weight is 285 g/mol. The lowest BCUT2D eigenvalue weighted by atomic mass is 10.1. The molecule has 0 atom stereocenters. The van der Waals surface area contributed by atoms with Crippen molar-refractivity contribution in [2.75, 3.05) is 0 Å². The van der Waals surface area contributed by atoms with Gasteiger partial charge in [-0.15, -0.1) is 0 Å². The van der Waals surface area contributed by atoms with E-state index in [2.05, 4.69) is 26.2 Å². The van der Waals surface area contributed by atoms with Gasteiger partial charge in [-0.2, -0.15) is 0 Å². The second kappa shape index (κ2) is 3.66. The summed E-state index contributed by atoms with van der Waals surface area (Å²) in [5.74, 6) is -0.00780. The van der Waals surface area contributed by atoms with Crippen molar-refractivity contribution in [2.24, 2.45) is 4.99 Å². The van der Waals surface area contributed by atoms with Crippen molar-refractivity contribution in [1.29, 1.82) is 0 Å². The lowest BCUT2D eigenvalue weighted by Gasteiger charge is -2.07. The van der Waals surface area contributed by atoms with Crippen LogP contribution in [0.15, 0.2) is 27.7 Å². The second-order valence-electron chi connectivity index (χ2n) is 4.10. The largest absolute Gasteiger partial charge is 0.308 e. The molecule has 0 unspecified atom stereocenters. The standard InChI is InChI=1S/C11H10BrFN2O/c1-11(2)10(16)14-9(15-11)6-3-4-8(13)7(12)5-6/h3-5H,1-2H3,(H,14,15,16). The van der Waals surface area contributed by atoms with E-state index in [0.29, 0.717) is 15.9 Å². The third kappa shape index (κ3) is 1.87. The van der Waals surface area contributed by atoms with Crippen LogP contribution >= 0.6 is 15.9 Å². The maximum atomic E-state index is 13.0. The number of nitrogens with zero attached hydrogens (tertiary/aromatic N) is 1. The predicted molar refractivity (Wildman–Crippen MR) is 62.9 cm³/mol. The number of carbonyl (C=O) groups excluding carboxylic acids is 1. The minimum absolute atomic E-state index is 0.150. The number of hydrogen-bond acceptors (Lipinski definition) is 2. The van der Waals surface area contributed by atoms with Gasteiger partial charge in [-0.3, -0.25) is 9.79 Å². The summed E-state index contributed by atoms with van der Waals surface area (Å²) in [6.07, 6.45) is 0. The number of halogens is 2. The van der Waals surface area contributed by atoms with Crippen LogP contribution < -0.4 is 5.32 Å². The highest BCUT2D eigenvalue weighted by Crippen LogP contribution is 2.21. The van der Waals surface area contributed by atoms with E-state index < -0.39 is 5.54 Å². The first-order valence-electron chi connectivity index (χ1n) is 4.77. The maximum Gasteiger partial charge on any atom is 0.252 e. The molecule has 0 aliphatic carbocycles. The molecule has 0 fully saturated rings. The molecule has 0 saturated heterocycles. The van der Waals surface area contributed by atoms with Gasteiger partial charge in [0.05, 0.1) is 4.47 Å². The Morgan fingerprint density at radius 3 is 2.62 bits per heavy atom. The maximum absolute atomic E-state index is 13.0. The summed E-state index contributed by atoms with van der Waals surface area (Å²) in [4.78, 5) is 15.8. The van der Waals surface area contributed by atoms with Crippen molar-refractivity contribution in [3.63, 3.8) is 0 Å². The number of benzene rings is 1. The minimum atomic E-state index is -0.754. The lowest BCUT2D eigenvalue weighted by molar-refractivity contribution is -0.122. The van der Waals surface area contributed by atoms with Gasteiger partial charge in [0, 0.05) is 5.56 Å². The molecule has 16 heavy (non-hydrogen) atoms. The van der Waals surface area contributed by atoms with Gasteiger partial charge in [-0.1, -0.05) is 0 Å². The summed E-state index contributed by atoms with van der Waals surface area (Å²) in [7, 11) is 0. The van der Waals surface area contributed by atoms with Crippen LogP contribution in [-0.4, -0.2) is 17.3 Å². The molecule has 1 aliphatic rings. The highest BCUT2D eigenvalue weighted by Gasteiger charge is 2.34. The zero-order chi connectivity index (χ0) is 11.9. The first-order valence-corrected chi connectivity index (χ1v) is 5.56. The average Bonchev–Trinajstić information content (AvgIpc) is 2.46. The minimum Gasteiger partial charge on any atom is -0.308 e. The molecular weight excluding hydrogens is 275 g/mol. The lowest BCUT2D eigenvalue weighted by Crippen LogP contribution is -2.34. The van der Waals surface area contributed by atoms with E-state index in [1.165, 1.54) is 6.07 Å². The fourth-order valence-electron chi connectivity index (χ4n) is 1.40. The van der Waals surface area contributed by atoms with E-state index in [0.717, 1.165) is 0 Å². The number of amidine groups is 1. The Balaban J connectivity index is 2.40. The number of hydrogen-bond donors (Lipinski definition) is 1. The fraction of sp³-hybridized carbons (Fsp3) is 0.273. The monoisotopic (exact) mass is 284 g/mol. The molecule has 3 nitrogen and oxygen atoms in total. The van der Waals surface area contributed by atoms with E-state index >= 15 is 0 Å². The Bertz CT molecular complexity index is 497. The van der Waals surface area contributed by atoms with Gasteiger partial charge in [-0.25, -0.2) is 4.39 Å². The Hall–Kier alpha value is -1.23. The molecule has 1 heterocycles. The highest BCUT2D eigenvalue weighted by molar-refractivity contribution is 9.10. The molecule has 5 heteroatoms. The summed E-state index contributed by atoms with van der Waals surface area (Å²) in [5.41, 5.74) is -0.0666. The normalized spacial score (nSPS) is 18.2. The van der Waals surface area contributed by atoms with Crippen molar-refractivity contribution in [2.45, 2.75) is 19.4 Å². The van der Waals surface area contributed by atoms with Gasteiger partial charge in [0.1, 0.15) is 17.2 Å². The van der Waals surface area contributed by atoms with Crippen molar-refractivity contribution in [3.8, 4) is 0 Å². The first kappa shape index (κ1) is 11.3. The fourth-order valence-corrected chi connectivity index (χ4v) is 1.78. The summed E-state index contributed by atoms with van der Waals surface area (Å²) in [6, 6.07) is 4.51. The number of nitrogens with one attached hydrogen (secondary N) is 1. The van der Waals surface area contributed by atoms with E-state index in [1.54, 1.807) is 26.0 Å². The molecule has 1 amide bonds. The summed E-state index contributed by atoms with van der Waals surface area (Å²) < 4.78 is 13.4. The molecule has 2 rings (SSSR count). The van der Waals surface area contributed by atoms with E-state index in [1.807, 2.05) is 0 Å². The van der Waals surface area contributed by atoms with E-state index in [-0.39, 0.29) is 11.7 Å². The third-order valence-electron chi connectivity index (χ3n) is 2.37. The summed E-state index contributed by atoms with van der Waals surface area (Å²) in [5, 5.41) is 2.67. The number of aliphatic imine (C=N–C) groups is 1. The SMILES string of the molecule is CC1(C)N=C(c2ccc(F)c(Br)c2)NC1=O. The Kier molecular flexibility index (Phi) is 2.58. The molecule has 0 bridgehead atoms. The molecule has 0 spiro atoms. The van der Waals surface area contributed by atoms with Crippen LogP contribution in [0.1, 0.15) is 19.4 Å². The zero-order valence-electron chi connectivity index (χ0n) is 8.84. The Morgan fingerprint density at radius 2 is 2.12 bits per heavy atom. The molecule has 1 N–H and O–H groups in total. The Morgan fingerprint density at radius 1 is 1.44 bits per heavy atom. The third-order valence-corrected chi connectivity index (χ3v) is 2.98. The van der Waals surface area contributed by atoms with Gasteiger partial charge in [0.25, 0.3) is 5.91 Å². The molecule has 1 aliphatic heterocycles. The Labute approximate surface area is 101 Å². The number of amides is 1. The second-order valence-corrected chi connectivity index (χ2v) is 4.96. The molecule has 0 saturated carbocycles. The number of rotatable bonds is 1. The first-order chi connectivity index (χ1) is 7.40. The van der Waals surface area contributed by atoms with Crippen molar-refractivity contribution in [3.05, 3.63) is 34.1 Å². The molecule has 1 aromatic carbocycles. The van der Waals surface area contributed by atoms with Gasteiger partial charge in [0.2, 0.25) is 0 Å². The van der Waals surface area contributed by atoms with Crippen LogP contribution in [0.4, 0.5) is 4.39 Å². The molecular formula is C11H10BrFN2O. The quantitative estimate of drug-likeness (QED) is 0.844. The van der Waals surface area contributed by atoms with Gasteiger partial charge >= 0.3 is 0 Å². The predicted octanol–water partition coefficient (Wildman–Crippen LogP) is 2.24. The van der Waals surface area contributed by atoms with Gasteiger partial charge in [-0.05, 0) is 48.0 Å². The molecule has 0 aromatic heterocycles. The summed E-state index contributed by atoms with van der Waals surface area (Å²) >= 11 is 3.09. The summed E-state index contributed by atoms with van der Waals surface area (Å²) in [6.45, 7) is 3.46. The zero-order valence-corrected chi connectivity index (χ0v) is 10.4. The van der Waals surface area contributed by atoms with Crippen LogP contribution in [0.2, 0.25) is 0 Å². The van der Waals surface area contributed by atoms with E-state index in [4.69, 9.17) is 0 Å². The van der Waals surface area contributed by atoms with Crippen molar-refractivity contribution < 1.29 is 9.18 Å². The van der Waals surface area contributed by atoms with Crippen molar-refractivity contribution >= 4 is 27.7 Å². The highest BCUT2D eigenvalue weighted by atomic mass is 79.9. The van der Waals surface area contributed by atoms with Crippen LogP contribution in [0.25, 0.3) is 0 Å². The van der Waals surface area contributed by atoms with Crippen molar-refractivity contribution in [1.82, 2.24) is 5.32 Å². The molecule has 84 valence electrons. The van der Waals surface area contributed by atoms with Crippen LogP contribution in [0, 0.1) is 5.82 Å². The number of carbonyl (C=O) groups is 1. The van der Waals surface area contributed by atoms with Crippen LogP contribution in [0.3, 0.4) is 0 Å². The van der Waals surface area contributed by atoms with Gasteiger partial charge in [0.15, 0.2) is 0 Å².